The highest BCUT2D eigenvalue weighted by atomic mass is 127. The Kier molecular flexibility index (Phi) is 9.66. The average molecular weight is 510 g/mol. The van der Waals surface area contributed by atoms with Gasteiger partial charge in [0.2, 0.25) is 5.88 Å². The molecule has 0 amide bonds. The summed E-state index contributed by atoms with van der Waals surface area (Å²) in [5, 5.41) is 6.77. The standard InChI is InChI=1S/C22H30N4O2.HI/c1-16-9-11-17(12-10-16)21-18(6-5-13-28-21)14-24-22(23-2)25-15-19-7-4-8-20(26-19)27-3;/h4,7-12,18,21H,5-6,13-15H2,1-3H3,(H2,23,24,25);1H. The van der Waals surface area contributed by atoms with Gasteiger partial charge in [0.25, 0.3) is 0 Å². The Morgan fingerprint density at radius 1 is 1.21 bits per heavy atom. The van der Waals surface area contributed by atoms with Crippen LogP contribution in [-0.4, -0.2) is 38.3 Å². The predicted octanol–water partition coefficient (Wildman–Crippen LogP) is 3.85. The molecule has 2 N–H and O–H groups in total. The van der Waals surface area contributed by atoms with Gasteiger partial charge in [0.1, 0.15) is 0 Å². The fourth-order valence-corrected chi connectivity index (χ4v) is 3.47. The number of aryl methyl sites for hydroxylation is 1. The van der Waals surface area contributed by atoms with Crippen molar-refractivity contribution in [1.29, 1.82) is 0 Å². The molecule has 29 heavy (non-hydrogen) atoms. The maximum atomic E-state index is 6.11. The molecule has 2 heterocycles. The number of nitrogens with zero attached hydrogens (tertiary/aromatic N) is 2. The van der Waals surface area contributed by atoms with Gasteiger partial charge in [-0.2, -0.15) is 0 Å². The number of hydrogen-bond donors (Lipinski definition) is 2. The van der Waals surface area contributed by atoms with Crippen LogP contribution in [0, 0.1) is 12.8 Å². The molecule has 0 saturated carbocycles. The highest BCUT2D eigenvalue weighted by molar-refractivity contribution is 14.0. The molecule has 1 aliphatic rings. The van der Waals surface area contributed by atoms with Gasteiger partial charge in [0.15, 0.2) is 5.96 Å². The maximum absolute atomic E-state index is 6.11. The first-order chi connectivity index (χ1) is 13.7. The Hall–Kier alpha value is -1.87. The summed E-state index contributed by atoms with van der Waals surface area (Å²) in [6.45, 7) is 4.32. The van der Waals surface area contributed by atoms with Gasteiger partial charge in [0.05, 0.1) is 25.5 Å². The smallest absolute Gasteiger partial charge is 0.213 e. The van der Waals surface area contributed by atoms with E-state index in [1.807, 2.05) is 18.2 Å². The van der Waals surface area contributed by atoms with Gasteiger partial charge in [-0.3, -0.25) is 4.99 Å². The summed E-state index contributed by atoms with van der Waals surface area (Å²) >= 11 is 0. The summed E-state index contributed by atoms with van der Waals surface area (Å²) in [6.07, 6.45) is 2.36. The SMILES string of the molecule is CN=C(NCc1cccc(OC)n1)NCC1CCCOC1c1ccc(C)cc1.I. The Balaban J connectivity index is 0.00000300. The minimum Gasteiger partial charge on any atom is -0.481 e. The molecule has 0 aliphatic carbocycles. The van der Waals surface area contributed by atoms with Gasteiger partial charge in [-0.05, 0) is 31.4 Å². The molecular formula is C22H31IN4O2. The Labute approximate surface area is 190 Å². The summed E-state index contributed by atoms with van der Waals surface area (Å²) in [7, 11) is 3.40. The fraction of sp³-hybridized carbons (Fsp3) is 0.455. The van der Waals surface area contributed by atoms with Crippen LogP contribution in [-0.2, 0) is 11.3 Å². The fourth-order valence-electron chi connectivity index (χ4n) is 3.47. The van der Waals surface area contributed by atoms with E-state index in [0.717, 1.165) is 37.6 Å². The third kappa shape index (κ3) is 6.85. The van der Waals surface area contributed by atoms with Crippen LogP contribution in [0.2, 0.25) is 0 Å². The number of hydrogen-bond acceptors (Lipinski definition) is 4. The summed E-state index contributed by atoms with van der Waals surface area (Å²) in [6, 6.07) is 14.4. The maximum Gasteiger partial charge on any atom is 0.213 e. The molecule has 2 atom stereocenters. The summed E-state index contributed by atoms with van der Waals surface area (Å²) in [5.74, 6) is 1.78. The zero-order valence-electron chi connectivity index (χ0n) is 17.4. The monoisotopic (exact) mass is 510 g/mol. The second-order valence-electron chi connectivity index (χ2n) is 7.08. The van der Waals surface area contributed by atoms with Gasteiger partial charge >= 0.3 is 0 Å². The number of methoxy groups -OCH3 is 1. The number of aliphatic imine (C=N–C) groups is 1. The van der Waals surface area contributed by atoms with Crippen LogP contribution >= 0.6 is 24.0 Å². The summed E-state index contributed by atoms with van der Waals surface area (Å²) < 4.78 is 11.3. The lowest BCUT2D eigenvalue weighted by Crippen LogP contribution is -2.41. The van der Waals surface area contributed by atoms with Crippen molar-refractivity contribution in [2.45, 2.75) is 32.4 Å². The molecule has 1 aromatic carbocycles. The first kappa shape index (κ1) is 23.4. The predicted molar refractivity (Wildman–Crippen MR) is 127 cm³/mol. The lowest BCUT2D eigenvalue weighted by atomic mass is 9.89. The van der Waals surface area contributed by atoms with Gasteiger partial charge < -0.3 is 20.1 Å². The third-order valence-corrected chi connectivity index (χ3v) is 5.03. The molecule has 0 spiro atoms. The molecule has 158 valence electrons. The molecule has 1 aromatic heterocycles. The van der Waals surface area contributed by atoms with Crippen molar-refractivity contribution in [3.63, 3.8) is 0 Å². The number of halogens is 1. The summed E-state index contributed by atoms with van der Waals surface area (Å²) in [4.78, 5) is 8.75. The van der Waals surface area contributed by atoms with E-state index in [1.54, 1.807) is 14.2 Å². The molecule has 1 fully saturated rings. The van der Waals surface area contributed by atoms with E-state index in [-0.39, 0.29) is 30.1 Å². The molecule has 0 radical (unpaired) electrons. The first-order valence-corrected chi connectivity index (χ1v) is 9.82. The highest BCUT2D eigenvalue weighted by Gasteiger charge is 2.27. The van der Waals surface area contributed by atoms with Crippen LogP contribution in [0.15, 0.2) is 47.5 Å². The number of aromatic nitrogens is 1. The van der Waals surface area contributed by atoms with Crippen molar-refractivity contribution < 1.29 is 9.47 Å². The van der Waals surface area contributed by atoms with Crippen molar-refractivity contribution in [3.8, 4) is 5.88 Å². The number of ether oxygens (including phenoxy) is 2. The lowest BCUT2D eigenvalue weighted by Gasteiger charge is -2.32. The second-order valence-corrected chi connectivity index (χ2v) is 7.08. The van der Waals surface area contributed by atoms with Gasteiger partial charge in [-0.1, -0.05) is 35.9 Å². The minimum absolute atomic E-state index is 0. The van der Waals surface area contributed by atoms with E-state index in [0.29, 0.717) is 18.3 Å². The number of benzene rings is 1. The van der Waals surface area contributed by atoms with Crippen molar-refractivity contribution in [2.24, 2.45) is 10.9 Å². The van der Waals surface area contributed by atoms with Crippen LogP contribution in [0.5, 0.6) is 5.88 Å². The highest BCUT2D eigenvalue weighted by Crippen LogP contribution is 2.33. The molecule has 2 aromatic rings. The summed E-state index contributed by atoms with van der Waals surface area (Å²) in [5.41, 5.74) is 3.42. The van der Waals surface area contributed by atoms with Crippen molar-refractivity contribution >= 4 is 29.9 Å². The van der Waals surface area contributed by atoms with Gasteiger partial charge in [0, 0.05) is 32.2 Å². The number of pyridine rings is 1. The van der Waals surface area contributed by atoms with Crippen LogP contribution in [0.1, 0.15) is 35.8 Å². The van der Waals surface area contributed by atoms with E-state index >= 15 is 0 Å². The minimum atomic E-state index is 0. The topological polar surface area (TPSA) is 67.8 Å². The molecule has 1 aliphatic heterocycles. The normalized spacial score (nSPS) is 19.2. The molecule has 6 nitrogen and oxygen atoms in total. The van der Waals surface area contributed by atoms with Crippen LogP contribution in [0.4, 0.5) is 0 Å². The van der Waals surface area contributed by atoms with Crippen LogP contribution in [0.25, 0.3) is 0 Å². The van der Waals surface area contributed by atoms with E-state index in [2.05, 4.69) is 51.8 Å². The first-order valence-electron chi connectivity index (χ1n) is 9.82. The Morgan fingerprint density at radius 2 is 2.00 bits per heavy atom. The zero-order chi connectivity index (χ0) is 19.8. The molecular weight excluding hydrogens is 479 g/mol. The number of guanidine groups is 1. The van der Waals surface area contributed by atoms with E-state index < -0.39 is 0 Å². The molecule has 2 unspecified atom stereocenters. The number of rotatable bonds is 6. The third-order valence-electron chi connectivity index (χ3n) is 5.03. The Morgan fingerprint density at radius 3 is 2.72 bits per heavy atom. The van der Waals surface area contributed by atoms with Crippen molar-refractivity contribution in [3.05, 3.63) is 59.3 Å². The second kappa shape index (κ2) is 12.0. The molecule has 7 heteroatoms. The van der Waals surface area contributed by atoms with Crippen LogP contribution < -0.4 is 15.4 Å². The Bertz CT molecular complexity index is 783. The molecule has 3 rings (SSSR count). The molecule has 1 saturated heterocycles. The average Bonchev–Trinajstić information content (AvgIpc) is 2.75. The zero-order valence-corrected chi connectivity index (χ0v) is 19.7. The lowest BCUT2D eigenvalue weighted by molar-refractivity contribution is -0.0265. The van der Waals surface area contributed by atoms with E-state index in [4.69, 9.17) is 9.47 Å². The molecule has 0 bridgehead atoms. The van der Waals surface area contributed by atoms with Crippen molar-refractivity contribution in [2.75, 3.05) is 27.3 Å². The number of nitrogens with one attached hydrogen (secondary N) is 2. The van der Waals surface area contributed by atoms with Gasteiger partial charge in [-0.15, -0.1) is 24.0 Å². The largest absolute Gasteiger partial charge is 0.481 e. The van der Waals surface area contributed by atoms with E-state index in [9.17, 15) is 0 Å². The van der Waals surface area contributed by atoms with E-state index in [1.165, 1.54) is 11.1 Å². The quantitative estimate of drug-likeness (QED) is 0.351. The van der Waals surface area contributed by atoms with Crippen LogP contribution in [0.3, 0.4) is 0 Å². The van der Waals surface area contributed by atoms with Gasteiger partial charge in [-0.25, -0.2) is 4.98 Å². The van der Waals surface area contributed by atoms with Crippen molar-refractivity contribution in [1.82, 2.24) is 15.6 Å².